The molecule has 1 saturated carbocycles. The molecule has 0 aromatic carbocycles. The van der Waals surface area contributed by atoms with Gasteiger partial charge in [-0.25, -0.2) is 9.59 Å². The van der Waals surface area contributed by atoms with Crippen molar-refractivity contribution >= 4 is 12.1 Å². The van der Waals surface area contributed by atoms with Crippen LogP contribution in [-0.4, -0.2) is 41.8 Å². The van der Waals surface area contributed by atoms with Gasteiger partial charge in [0, 0.05) is 11.5 Å². The molecule has 2 aliphatic rings. The fourth-order valence-electron chi connectivity index (χ4n) is 3.34. The quantitative estimate of drug-likeness (QED) is 0.576. The smallest absolute Gasteiger partial charge is 0.411 e. The van der Waals surface area contributed by atoms with E-state index in [1.54, 1.807) is 4.90 Å². The maximum Gasteiger partial charge on any atom is 0.411 e. The maximum absolute atomic E-state index is 12.4. The van der Waals surface area contributed by atoms with Gasteiger partial charge in [0.2, 0.25) is 0 Å². The average Bonchev–Trinajstić information content (AvgIpc) is 2.77. The first-order valence-corrected chi connectivity index (χ1v) is 6.90. The van der Waals surface area contributed by atoms with E-state index in [4.69, 9.17) is 9.47 Å². The molecule has 5 heteroatoms. The molecular weight excluding hydrogens is 258 g/mol. The molecule has 4 atom stereocenters. The summed E-state index contributed by atoms with van der Waals surface area (Å²) in [5.41, 5.74) is -0.759. The number of fused-ring (bicyclic) bond motifs is 1. The largest absolute Gasteiger partial charge is 0.467 e. The highest BCUT2D eigenvalue weighted by molar-refractivity contribution is 5.84. The molecule has 5 nitrogen and oxygen atoms in total. The Balaban J connectivity index is 2.25. The van der Waals surface area contributed by atoms with Crippen molar-refractivity contribution < 1.29 is 19.1 Å². The third-order valence-corrected chi connectivity index (χ3v) is 4.40. The van der Waals surface area contributed by atoms with Crippen molar-refractivity contribution in [2.24, 2.45) is 11.3 Å². The minimum atomic E-state index is -0.588. The van der Waals surface area contributed by atoms with Crippen molar-refractivity contribution in [3.05, 3.63) is 12.7 Å². The summed E-state index contributed by atoms with van der Waals surface area (Å²) in [7, 11) is 1.34. The zero-order valence-corrected chi connectivity index (χ0v) is 12.8. The summed E-state index contributed by atoms with van der Waals surface area (Å²) in [6.45, 7) is 11.4. The van der Waals surface area contributed by atoms with Gasteiger partial charge in [0.1, 0.15) is 11.6 Å². The number of piperidine rings is 1. The summed E-state index contributed by atoms with van der Waals surface area (Å²) in [5.74, 6) is -0.0927. The predicted octanol–water partition coefficient (Wildman–Crippen LogP) is 2.36. The van der Waals surface area contributed by atoms with Gasteiger partial charge in [-0.05, 0) is 33.1 Å². The number of hydrogen-bond acceptors (Lipinski definition) is 4. The molecule has 2 fully saturated rings. The second-order valence-electron chi connectivity index (χ2n) is 6.68. The van der Waals surface area contributed by atoms with Crippen LogP contribution in [0.1, 0.15) is 34.1 Å². The van der Waals surface area contributed by atoms with Gasteiger partial charge in [0.05, 0.1) is 7.11 Å². The molecule has 0 aromatic heterocycles. The van der Waals surface area contributed by atoms with E-state index >= 15 is 0 Å². The molecule has 1 heterocycles. The Labute approximate surface area is 119 Å². The minimum absolute atomic E-state index is 0.0149. The molecule has 1 aliphatic heterocycles. The highest BCUT2D eigenvalue weighted by atomic mass is 16.6. The van der Waals surface area contributed by atoms with E-state index in [0.717, 1.165) is 0 Å². The number of likely N-dealkylation sites (tertiary alicyclic amines) is 1. The summed E-state index contributed by atoms with van der Waals surface area (Å²) in [5, 5.41) is 0. The van der Waals surface area contributed by atoms with E-state index in [2.05, 4.69) is 13.5 Å². The zero-order valence-electron chi connectivity index (χ0n) is 12.8. The fraction of sp³-hybridized carbons (Fsp3) is 0.733. The van der Waals surface area contributed by atoms with Gasteiger partial charge >= 0.3 is 12.1 Å². The standard InChI is InChI=1S/C15H23NO4/c1-7-15-8-10(12(17)19-6)16(11(15)9(15)2)13(18)20-14(3,4)5/h7,9-11H,1,8H2,2-6H3. The molecule has 1 amide bonds. The van der Waals surface area contributed by atoms with Crippen LogP contribution in [0.2, 0.25) is 0 Å². The molecule has 20 heavy (non-hydrogen) atoms. The number of nitrogens with zero attached hydrogens (tertiary/aromatic N) is 1. The van der Waals surface area contributed by atoms with Gasteiger partial charge in [-0.1, -0.05) is 13.0 Å². The van der Waals surface area contributed by atoms with Gasteiger partial charge in [0.25, 0.3) is 0 Å². The van der Waals surface area contributed by atoms with Crippen molar-refractivity contribution in [1.82, 2.24) is 4.90 Å². The normalized spacial score (nSPS) is 35.2. The Morgan fingerprint density at radius 1 is 1.40 bits per heavy atom. The predicted molar refractivity (Wildman–Crippen MR) is 74.1 cm³/mol. The first-order valence-electron chi connectivity index (χ1n) is 6.90. The number of methoxy groups -OCH3 is 1. The van der Waals surface area contributed by atoms with Gasteiger partial charge in [-0.15, -0.1) is 6.58 Å². The van der Waals surface area contributed by atoms with E-state index in [1.807, 2.05) is 26.8 Å². The van der Waals surface area contributed by atoms with Gasteiger partial charge < -0.3 is 9.47 Å². The molecule has 0 N–H and O–H groups in total. The SMILES string of the molecule is C=CC12CC(C(=O)OC)N(C(=O)OC(C)(C)C)C1C2C. The molecule has 0 spiro atoms. The lowest BCUT2D eigenvalue weighted by atomic mass is 9.97. The topological polar surface area (TPSA) is 55.8 Å². The van der Waals surface area contributed by atoms with E-state index in [9.17, 15) is 9.59 Å². The number of rotatable bonds is 2. The Morgan fingerprint density at radius 2 is 2.00 bits per heavy atom. The van der Waals surface area contributed by atoms with E-state index in [1.165, 1.54) is 7.11 Å². The number of hydrogen-bond donors (Lipinski definition) is 0. The first kappa shape index (κ1) is 14.9. The highest BCUT2D eigenvalue weighted by Gasteiger charge is 2.72. The van der Waals surface area contributed by atoms with Crippen molar-refractivity contribution in [2.75, 3.05) is 7.11 Å². The monoisotopic (exact) mass is 281 g/mol. The zero-order chi connectivity index (χ0) is 15.3. The highest BCUT2D eigenvalue weighted by Crippen LogP contribution is 2.65. The van der Waals surface area contributed by atoms with E-state index in [-0.39, 0.29) is 11.5 Å². The maximum atomic E-state index is 12.4. The minimum Gasteiger partial charge on any atom is -0.467 e. The second-order valence-corrected chi connectivity index (χ2v) is 6.68. The molecule has 4 unspecified atom stereocenters. The number of esters is 1. The number of carbonyl (C=O) groups excluding carboxylic acids is 2. The summed E-state index contributed by atoms with van der Waals surface area (Å²) < 4.78 is 10.2. The summed E-state index contributed by atoms with van der Waals surface area (Å²) in [6.07, 6.45) is 1.97. The number of amides is 1. The molecule has 0 bridgehead atoms. The van der Waals surface area contributed by atoms with Crippen LogP contribution in [0, 0.1) is 11.3 Å². The van der Waals surface area contributed by atoms with Crippen LogP contribution in [0.15, 0.2) is 12.7 Å². The van der Waals surface area contributed by atoms with Crippen molar-refractivity contribution in [3.8, 4) is 0 Å². The first-order chi connectivity index (χ1) is 9.18. The Hall–Kier alpha value is -1.52. The van der Waals surface area contributed by atoms with Crippen molar-refractivity contribution in [2.45, 2.75) is 51.8 Å². The van der Waals surface area contributed by atoms with Crippen LogP contribution in [0.4, 0.5) is 4.79 Å². The molecule has 0 aromatic rings. The lowest BCUT2D eigenvalue weighted by Gasteiger charge is -2.29. The van der Waals surface area contributed by atoms with E-state index < -0.39 is 23.7 Å². The van der Waals surface area contributed by atoms with Crippen LogP contribution in [0.5, 0.6) is 0 Å². The number of carbonyl (C=O) groups is 2. The van der Waals surface area contributed by atoms with Gasteiger partial charge in [0.15, 0.2) is 0 Å². The lowest BCUT2D eigenvalue weighted by molar-refractivity contribution is -0.146. The summed E-state index contributed by atoms with van der Waals surface area (Å²) >= 11 is 0. The molecule has 2 rings (SSSR count). The molecular formula is C15H23NO4. The second kappa shape index (κ2) is 4.50. The van der Waals surface area contributed by atoms with Crippen LogP contribution in [0.25, 0.3) is 0 Å². The molecule has 1 saturated heterocycles. The third-order valence-electron chi connectivity index (χ3n) is 4.40. The average molecular weight is 281 g/mol. The van der Waals surface area contributed by atoms with Gasteiger partial charge in [-0.2, -0.15) is 0 Å². The molecule has 112 valence electrons. The lowest BCUT2D eigenvalue weighted by Crippen LogP contribution is -2.46. The van der Waals surface area contributed by atoms with Crippen LogP contribution >= 0.6 is 0 Å². The van der Waals surface area contributed by atoms with E-state index in [0.29, 0.717) is 12.3 Å². The van der Waals surface area contributed by atoms with Crippen LogP contribution in [-0.2, 0) is 14.3 Å². The third kappa shape index (κ3) is 2.09. The Kier molecular flexibility index (Phi) is 3.35. The Morgan fingerprint density at radius 3 is 2.45 bits per heavy atom. The Bertz CT molecular complexity index is 453. The molecule has 0 radical (unpaired) electrons. The summed E-state index contributed by atoms with van der Waals surface area (Å²) in [6, 6.07) is -0.590. The van der Waals surface area contributed by atoms with Crippen LogP contribution < -0.4 is 0 Å². The van der Waals surface area contributed by atoms with Gasteiger partial charge in [-0.3, -0.25) is 4.90 Å². The van der Waals surface area contributed by atoms with Crippen LogP contribution in [0.3, 0.4) is 0 Å². The van der Waals surface area contributed by atoms with Crippen molar-refractivity contribution in [3.63, 3.8) is 0 Å². The summed E-state index contributed by atoms with van der Waals surface area (Å²) in [4.78, 5) is 25.9. The van der Waals surface area contributed by atoms with Crippen molar-refractivity contribution in [1.29, 1.82) is 0 Å². The fourth-order valence-corrected chi connectivity index (χ4v) is 3.34. The number of ether oxygens (including phenoxy) is 2. The molecule has 1 aliphatic carbocycles.